The lowest BCUT2D eigenvalue weighted by molar-refractivity contribution is -0.127. The lowest BCUT2D eigenvalue weighted by Gasteiger charge is -2.13. The second kappa shape index (κ2) is 8.36. The highest BCUT2D eigenvalue weighted by Gasteiger charge is 2.14. The minimum Gasteiger partial charge on any atom is -0.497 e. The summed E-state index contributed by atoms with van der Waals surface area (Å²) < 4.78 is 10.7. The molecule has 2 rings (SSSR count). The van der Waals surface area contributed by atoms with Gasteiger partial charge in [-0.2, -0.15) is 5.10 Å². The van der Waals surface area contributed by atoms with Gasteiger partial charge in [-0.25, -0.2) is 5.43 Å². The van der Waals surface area contributed by atoms with Crippen molar-refractivity contribution in [1.82, 2.24) is 5.43 Å². The molecule has 0 aliphatic rings. The summed E-state index contributed by atoms with van der Waals surface area (Å²) >= 11 is 5.97. The Morgan fingerprint density at radius 2 is 2.04 bits per heavy atom. The van der Waals surface area contributed by atoms with Crippen LogP contribution in [-0.4, -0.2) is 25.3 Å². The van der Waals surface area contributed by atoms with Crippen LogP contribution in [0.15, 0.2) is 47.6 Å². The summed E-state index contributed by atoms with van der Waals surface area (Å²) in [5.74, 6) is 0.957. The van der Waals surface area contributed by atoms with Crippen LogP contribution in [0.25, 0.3) is 0 Å². The predicted octanol–water partition coefficient (Wildman–Crippen LogP) is 3.57. The Kier molecular flexibility index (Phi) is 6.21. The molecule has 2 aromatic rings. The number of benzene rings is 2. The molecule has 6 heteroatoms. The fourth-order valence-electron chi connectivity index (χ4n) is 1.93. The Hall–Kier alpha value is -2.53. The highest BCUT2D eigenvalue weighted by molar-refractivity contribution is 6.31. The highest BCUT2D eigenvalue weighted by atomic mass is 35.5. The van der Waals surface area contributed by atoms with Crippen molar-refractivity contribution in [3.05, 3.63) is 58.6 Å². The molecule has 0 aromatic heterocycles. The van der Waals surface area contributed by atoms with E-state index in [9.17, 15) is 4.79 Å². The van der Waals surface area contributed by atoms with Crippen molar-refractivity contribution in [2.24, 2.45) is 5.10 Å². The number of halogens is 1. The van der Waals surface area contributed by atoms with Gasteiger partial charge in [0.1, 0.15) is 11.5 Å². The van der Waals surface area contributed by atoms with Gasteiger partial charge in [0.2, 0.25) is 0 Å². The van der Waals surface area contributed by atoms with E-state index in [1.807, 2.05) is 31.2 Å². The molecule has 0 saturated heterocycles. The van der Waals surface area contributed by atoms with Crippen LogP contribution in [0.4, 0.5) is 0 Å². The number of methoxy groups -OCH3 is 1. The van der Waals surface area contributed by atoms with Gasteiger partial charge in [-0.1, -0.05) is 23.7 Å². The maximum absolute atomic E-state index is 12.0. The maximum atomic E-state index is 12.0. The number of carbonyl (C=O) groups is 1. The van der Waals surface area contributed by atoms with Crippen LogP contribution in [0, 0.1) is 6.92 Å². The molecule has 0 aliphatic heterocycles. The van der Waals surface area contributed by atoms with Gasteiger partial charge in [0.25, 0.3) is 5.91 Å². The maximum Gasteiger partial charge on any atom is 0.280 e. The average molecular weight is 347 g/mol. The van der Waals surface area contributed by atoms with Crippen LogP contribution in [0.5, 0.6) is 11.5 Å². The summed E-state index contributed by atoms with van der Waals surface area (Å²) in [5.41, 5.74) is 4.16. The topological polar surface area (TPSA) is 59.9 Å². The van der Waals surface area contributed by atoms with Crippen molar-refractivity contribution in [1.29, 1.82) is 0 Å². The van der Waals surface area contributed by atoms with E-state index < -0.39 is 6.10 Å². The minimum atomic E-state index is -0.687. The molecule has 0 aliphatic carbocycles. The van der Waals surface area contributed by atoms with Gasteiger partial charge in [0.15, 0.2) is 6.10 Å². The zero-order valence-corrected chi connectivity index (χ0v) is 14.5. The van der Waals surface area contributed by atoms with Gasteiger partial charge >= 0.3 is 0 Å². The number of rotatable bonds is 6. The smallest absolute Gasteiger partial charge is 0.280 e. The summed E-state index contributed by atoms with van der Waals surface area (Å²) in [6, 6.07) is 12.6. The first-order chi connectivity index (χ1) is 11.5. The third kappa shape index (κ3) is 4.99. The molecule has 1 atom stereocenters. The molecule has 1 amide bonds. The molecule has 0 saturated carbocycles. The van der Waals surface area contributed by atoms with Crippen molar-refractivity contribution in [3.8, 4) is 11.5 Å². The quantitative estimate of drug-likeness (QED) is 0.642. The molecule has 24 heavy (non-hydrogen) atoms. The van der Waals surface area contributed by atoms with Crippen molar-refractivity contribution in [3.63, 3.8) is 0 Å². The van der Waals surface area contributed by atoms with Crippen LogP contribution in [0.2, 0.25) is 5.02 Å². The number of amides is 1. The largest absolute Gasteiger partial charge is 0.497 e. The second-order valence-corrected chi connectivity index (χ2v) is 5.59. The molecule has 2 aromatic carbocycles. The normalized spacial score (nSPS) is 12.0. The third-order valence-electron chi connectivity index (χ3n) is 3.29. The Labute approximate surface area is 146 Å². The Morgan fingerprint density at radius 1 is 1.25 bits per heavy atom. The summed E-state index contributed by atoms with van der Waals surface area (Å²) in [4.78, 5) is 12.0. The lowest BCUT2D eigenvalue weighted by Crippen LogP contribution is -2.33. The number of ether oxygens (including phenoxy) is 2. The van der Waals surface area contributed by atoms with Crippen molar-refractivity contribution >= 4 is 23.7 Å². The standard InChI is InChI=1S/C18H19ClN2O3/c1-12-9-16(7-8-17(12)19)24-13(2)18(22)21-20-11-14-5-4-6-15(10-14)23-3/h4-11,13H,1-3H3,(H,21,22)/b20-11-. The average Bonchev–Trinajstić information content (AvgIpc) is 2.58. The Balaban J connectivity index is 1.91. The van der Waals surface area contributed by atoms with Gasteiger partial charge in [0, 0.05) is 5.02 Å². The monoisotopic (exact) mass is 346 g/mol. The summed E-state index contributed by atoms with van der Waals surface area (Å²) in [6.45, 7) is 3.53. The van der Waals surface area contributed by atoms with E-state index in [-0.39, 0.29) is 5.91 Å². The number of hydrogen-bond donors (Lipinski definition) is 1. The molecular weight excluding hydrogens is 328 g/mol. The van der Waals surface area contributed by atoms with Crippen LogP contribution in [0.3, 0.4) is 0 Å². The lowest BCUT2D eigenvalue weighted by atomic mass is 10.2. The van der Waals surface area contributed by atoms with Gasteiger partial charge < -0.3 is 9.47 Å². The molecule has 1 N–H and O–H groups in total. The Bertz CT molecular complexity index is 747. The number of nitrogens with zero attached hydrogens (tertiary/aromatic N) is 1. The van der Waals surface area contributed by atoms with Crippen LogP contribution in [0.1, 0.15) is 18.1 Å². The fourth-order valence-corrected chi connectivity index (χ4v) is 2.05. The van der Waals surface area contributed by atoms with Crippen LogP contribution >= 0.6 is 11.6 Å². The van der Waals surface area contributed by atoms with Crippen molar-refractivity contribution in [2.75, 3.05) is 7.11 Å². The highest BCUT2D eigenvalue weighted by Crippen LogP contribution is 2.21. The zero-order valence-electron chi connectivity index (χ0n) is 13.7. The Morgan fingerprint density at radius 3 is 2.75 bits per heavy atom. The minimum absolute atomic E-state index is 0.346. The van der Waals surface area contributed by atoms with E-state index in [2.05, 4.69) is 10.5 Å². The number of hydrazone groups is 1. The van der Waals surface area contributed by atoms with E-state index in [0.29, 0.717) is 10.8 Å². The molecule has 0 fully saturated rings. The van der Waals surface area contributed by atoms with Gasteiger partial charge in [-0.15, -0.1) is 0 Å². The first kappa shape index (κ1) is 17.8. The van der Waals surface area contributed by atoms with Gasteiger partial charge in [-0.05, 0) is 55.3 Å². The van der Waals surface area contributed by atoms with Gasteiger partial charge in [-0.3, -0.25) is 4.79 Å². The number of nitrogens with one attached hydrogen (secondary N) is 1. The molecule has 5 nitrogen and oxygen atoms in total. The summed E-state index contributed by atoms with van der Waals surface area (Å²) in [6.07, 6.45) is 0.854. The SMILES string of the molecule is COc1cccc(/C=N\NC(=O)C(C)Oc2ccc(Cl)c(C)c2)c1. The van der Waals surface area contributed by atoms with Crippen molar-refractivity contribution < 1.29 is 14.3 Å². The van der Waals surface area contributed by atoms with Crippen LogP contribution in [-0.2, 0) is 4.79 Å². The summed E-state index contributed by atoms with van der Waals surface area (Å²) in [7, 11) is 1.59. The zero-order chi connectivity index (χ0) is 17.5. The van der Waals surface area contributed by atoms with E-state index in [4.69, 9.17) is 21.1 Å². The number of hydrogen-bond acceptors (Lipinski definition) is 4. The van der Waals surface area contributed by atoms with Crippen LogP contribution < -0.4 is 14.9 Å². The van der Waals surface area contributed by atoms with E-state index in [0.717, 1.165) is 16.9 Å². The first-order valence-electron chi connectivity index (χ1n) is 7.39. The first-order valence-corrected chi connectivity index (χ1v) is 7.77. The third-order valence-corrected chi connectivity index (χ3v) is 3.72. The molecule has 126 valence electrons. The van der Waals surface area contributed by atoms with E-state index in [1.165, 1.54) is 0 Å². The molecule has 1 unspecified atom stereocenters. The molecule has 0 radical (unpaired) electrons. The summed E-state index contributed by atoms with van der Waals surface area (Å²) in [5, 5.41) is 4.59. The number of carbonyl (C=O) groups excluding carboxylic acids is 1. The van der Waals surface area contributed by atoms with Gasteiger partial charge in [0.05, 0.1) is 13.3 Å². The van der Waals surface area contributed by atoms with E-state index >= 15 is 0 Å². The number of aryl methyl sites for hydroxylation is 1. The van der Waals surface area contributed by atoms with E-state index in [1.54, 1.807) is 38.4 Å². The second-order valence-electron chi connectivity index (χ2n) is 5.18. The fraction of sp³-hybridized carbons (Fsp3) is 0.222. The predicted molar refractivity (Wildman–Crippen MR) is 95.0 cm³/mol. The van der Waals surface area contributed by atoms with Crippen molar-refractivity contribution in [2.45, 2.75) is 20.0 Å². The molecule has 0 bridgehead atoms. The molecule has 0 heterocycles. The molecule has 0 spiro atoms. The molecular formula is C18H19ClN2O3.